The van der Waals surface area contributed by atoms with Crippen LogP contribution in [-0.4, -0.2) is 43.3 Å². The number of aromatic nitrogens is 2. The third-order valence-electron chi connectivity index (χ3n) is 5.27. The number of nitrogens with zero attached hydrogens (tertiary/aromatic N) is 4. The Morgan fingerprint density at radius 1 is 0.862 bits per heavy atom. The SMILES string of the molecule is COc1ccc(N2CCN(c3cc(C)nc(Nc4ccccc4C)n3)CC2)cc1. The molecule has 1 aromatic heterocycles. The van der Waals surface area contributed by atoms with Gasteiger partial charge >= 0.3 is 0 Å². The van der Waals surface area contributed by atoms with Crippen molar-refractivity contribution in [3.8, 4) is 5.75 Å². The number of hydrogen-bond donors (Lipinski definition) is 1. The predicted octanol–water partition coefficient (Wildman–Crippen LogP) is 4.17. The number of piperazine rings is 1. The molecule has 29 heavy (non-hydrogen) atoms. The van der Waals surface area contributed by atoms with E-state index in [0.29, 0.717) is 5.95 Å². The summed E-state index contributed by atoms with van der Waals surface area (Å²) in [5.41, 5.74) is 4.40. The Hall–Kier alpha value is -3.28. The Morgan fingerprint density at radius 3 is 2.24 bits per heavy atom. The largest absolute Gasteiger partial charge is 0.497 e. The first-order valence-electron chi connectivity index (χ1n) is 9.94. The second kappa shape index (κ2) is 8.39. The maximum absolute atomic E-state index is 5.26. The van der Waals surface area contributed by atoms with Gasteiger partial charge in [0.2, 0.25) is 5.95 Å². The van der Waals surface area contributed by atoms with E-state index in [2.05, 4.69) is 51.3 Å². The number of methoxy groups -OCH3 is 1. The van der Waals surface area contributed by atoms with E-state index in [9.17, 15) is 0 Å². The van der Waals surface area contributed by atoms with Crippen LogP contribution in [0.3, 0.4) is 0 Å². The number of hydrogen-bond acceptors (Lipinski definition) is 6. The molecule has 0 spiro atoms. The molecule has 2 heterocycles. The number of ether oxygens (including phenoxy) is 1. The zero-order valence-electron chi connectivity index (χ0n) is 17.2. The van der Waals surface area contributed by atoms with Gasteiger partial charge in [0.25, 0.3) is 0 Å². The molecule has 0 atom stereocenters. The molecule has 0 aliphatic carbocycles. The van der Waals surface area contributed by atoms with Crippen molar-refractivity contribution in [2.45, 2.75) is 13.8 Å². The molecule has 4 rings (SSSR count). The maximum Gasteiger partial charge on any atom is 0.229 e. The summed E-state index contributed by atoms with van der Waals surface area (Å²) in [5, 5.41) is 3.37. The van der Waals surface area contributed by atoms with Crippen LogP contribution in [0.4, 0.5) is 23.1 Å². The van der Waals surface area contributed by atoms with Crippen molar-refractivity contribution in [2.24, 2.45) is 0 Å². The van der Waals surface area contributed by atoms with E-state index < -0.39 is 0 Å². The van der Waals surface area contributed by atoms with Crippen LogP contribution in [0.25, 0.3) is 0 Å². The van der Waals surface area contributed by atoms with Crippen molar-refractivity contribution in [2.75, 3.05) is 48.4 Å². The van der Waals surface area contributed by atoms with Gasteiger partial charge in [-0.2, -0.15) is 4.98 Å². The van der Waals surface area contributed by atoms with E-state index in [4.69, 9.17) is 9.72 Å². The fourth-order valence-corrected chi connectivity index (χ4v) is 3.59. The average Bonchev–Trinajstić information content (AvgIpc) is 2.75. The highest BCUT2D eigenvalue weighted by Gasteiger charge is 2.19. The molecule has 6 heteroatoms. The Balaban J connectivity index is 1.45. The number of benzene rings is 2. The number of rotatable bonds is 5. The molecule has 2 aromatic carbocycles. The number of aryl methyl sites for hydroxylation is 2. The van der Waals surface area contributed by atoms with Crippen molar-refractivity contribution in [1.29, 1.82) is 0 Å². The van der Waals surface area contributed by atoms with Crippen molar-refractivity contribution in [3.63, 3.8) is 0 Å². The second-order valence-corrected chi connectivity index (χ2v) is 7.30. The molecule has 1 fully saturated rings. The van der Waals surface area contributed by atoms with Crippen molar-refractivity contribution in [3.05, 3.63) is 65.9 Å². The normalized spacial score (nSPS) is 14.0. The molecule has 0 bridgehead atoms. The van der Waals surface area contributed by atoms with Crippen LogP contribution < -0.4 is 19.9 Å². The zero-order valence-corrected chi connectivity index (χ0v) is 17.2. The number of para-hydroxylation sites is 1. The quantitative estimate of drug-likeness (QED) is 0.707. The van der Waals surface area contributed by atoms with Crippen molar-refractivity contribution in [1.82, 2.24) is 9.97 Å². The molecule has 0 saturated carbocycles. The van der Waals surface area contributed by atoms with E-state index in [1.807, 2.05) is 37.3 Å². The Kier molecular flexibility index (Phi) is 5.51. The van der Waals surface area contributed by atoms with E-state index in [-0.39, 0.29) is 0 Å². The van der Waals surface area contributed by atoms with Gasteiger partial charge < -0.3 is 19.9 Å². The molecule has 0 unspecified atom stereocenters. The Labute approximate surface area is 172 Å². The van der Waals surface area contributed by atoms with Gasteiger partial charge in [0.1, 0.15) is 11.6 Å². The van der Waals surface area contributed by atoms with E-state index in [1.54, 1.807) is 7.11 Å². The fourth-order valence-electron chi connectivity index (χ4n) is 3.59. The lowest BCUT2D eigenvalue weighted by Crippen LogP contribution is -2.46. The van der Waals surface area contributed by atoms with Crippen LogP contribution in [0.2, 0.25) is 0 Å². The lowest BCUT2D eigenvalue weighted by atomic mass is 10.2. The van der Waals surface area contributed by atoms with Crippen LogP contribution in [0, 0.1) is 13.8 Å². The van der Waals surface area contributed by atoms with Gasteiger partial charge in [0.15, 0.2) is 0 Å². The van der Waals surface area contributed by atoms with E-state index >= 15 is 0 Å². The summed E-state index contributed by atoms with van der Waals surface area (Å²) in [4.78, 5) is 14.1. The summed E-state index contributed by atoms with van der Waals surface area (Å²) < 4.78 is 5.26. The molecule has 0 amide bonds. The molecule has 1 aliphatic heterocycles. The van der Waals surface area contributed by atoms with Gasteiger partial charge in [0, 0.05) is 49.3 Å². The minimum absolute atomic E-state index is 0.645. The summed E-state index contributed by atoms with van der Waals surface area (Å²) in [6.45, 7) is 7.85. The zero-order chi connectivity index (χ0) is 20.2. The first kappa shape index (κ1) is 19.1. The summed E-state index contributed by atoms with van der Waals surface area (Å²) in [5.74, 6) is 2.51. The Bertz CT molecular complexity index is 965. The minimum Gasteiger partial charge on any atom is -0.497 e. The van der Waals surface area contributed by atoms with E-state index in [0.717, 1.165) is 49.1 Å². The molecular formula is C23H27N5O. The highest BCUT2D eigenvalue weighted by atomic mass is 16.5. The summed E-state index contributed by atoms with van der Waals surface area (Å²) >= 11 is 0. The molecule has 0 radical (unpaired) electrons. The fraction of sp³-hybridized carbons (Fsp3) is 0.304. The summed E-state index contributed by atoms with van der Waals surface area (Å²) in [7, 11) is 1.69. The highest BCUT2D eigenvalue weighted by Crippen LogP contribution is 2.24. The first-order chi connectivity index (χ1) is 14.1. The van der Waals surface area contributed by atoms with Crippen molar-refractivity contribution < 1.29 is 4.74 Å². The molecule has 1 saturated heterocycles. The lowest BCUT2D eigenvalue weighted by Gasteiger charge is -2.37. The Morgan fingerprint density at radius 2 is 1.55 bits per heavy atom. The van der Waals surface area contributed by atoms with Gasteiger partial charge in [0.05, 0.1) is 7.11 Å². The molecule has 6 nitrogen and oxygen atoms in total. The van der Waals surface area contributed by atoms with Gasteiger partial charge in [-0.1, -0.05) is 18.2 Å². The molecule has 1 N–H and O–H groups in total. The molecule has 3 aromatic rings. The average molecular weight is 390 g/mol. The summed E-state index contributed by atoms with van der Waals surface area (Å²) in [6.07, 6.45) is 0. The molecule has 1 aliphatic rings. The first-order valence-corrected chi connectivity index (χ1v) is 9.94. The minimum atomic E-state index is 0.645. The third-order valence-corrected chi connectivity index (χ3v) is 5.27. The van der Waals surface area contributed by atoms with Gasteiger partial charge in [-0.25, -0.2) is 4.98 Å². The van der Waals surface area contributed by atoms with Crippen molar-refractivity contribution >= 4 is 23.1 Å². The third kappa shape index (κ3) is 4.42. The van der Waals surface area contributed by atoms with Crippen LogP contribution in [0.1, 0.15) is 11.3 Å². The van der Waals surface area contributed by atoms with Crippen LogP contribution in [0.5, 0.6) is 5.75 Å². The monoisotopic (exact) mass is 389 g/mol. The smallest absolute Gasteiger partial charge is 0.229 e. The van der Waals surface area contributed by atoms with Crippen LogP contribution in [0.15, 0.2) is 54.6 Å². The number of nitrogens with one attached hydrogen (secondary N) is 1. The summed E-state index contributed by atoms with van der Waals surface area (Å²) in [6, 6.07) is 18.5. The second-order valence-electron chi connectivity index (χ2n) is 7.30. The molecular weight excluding hydrogens is 362 g/mol. The van der Waals surface area contributed by atoms with E-state index in [1.165, 1.54) is 11.3 Å². The van der Waals surface area contributed by atoms with Gasteiger partial charge in [-0.3, -0.25) is 0 Å². The maximum atomic E-state index is 5.26. The lowest BCUT2D eigenvalue weighted by molar-refractivity contribution is 0.415. The van der Waals surface area contributed by atoms with Crippen LogP contribution in [-0.2, 0) is 0 Å². The highest BCUT2D eigenvalue weighted by molar-refractivity contribution is 5.60. The standard InChI is InChI=1S/C23H27N5O/c1-17-6-4-5-7-21(17)25-23-24-18(2)16-22(26-23)28-14-12-27(13-15-28)19-8-10-20(29-3)11-9-19/h4-11,16H,12-15H2,1-3H3,(H,24,25,26). The van der Waals surface area contributed by atoms with Gasteiger partial charge in [-0.15, -0.1) is 0 Å². The van der Waals surface area contributed by atoms with Gasteiger partial charge in [-0.05, 0) is 49.7 Å². The molecule has 150 valence electrons. The predicted molar refractivity (Wildman–Crippen MR) is 119 cm³/mol. The number of anilines is 4. The topological polar surface area (TPSA) is 53.5 Å². The van der Waals surface area contributed by atoms with Crippen LogP contribution >= 0.6 is 0 Å².